The number of nitrogens with zero attached hydrogens (tertiary/aromatic N) is 1. The van der Waals surface area contributed by atoms with Crippen LogP contribution >= 0.6 is 0 Å². The third kappa shape index (κ3) is 3.84. The summed E-state index contributed by atoms with van der Waals surface area (Å²) >= 11 is 0. The third-order valence-electron chi connectivity index (χ3n) is 4.22. The van der Waals surface area contributed by atoms with Crippen LogP contribution in [-0.2, 0) is 16.4 Å². The zero-order valence-electron chi connectivity index (χ0n) is 13.0. The summed E-state index contributed by atoms with van der Waals surface area (Å²) in [6, 6.07) is 7.58. The minimum atomic E-state index is -3.32. The van der Waals surface area contributed by atoms with Gasteiger partial charge in [-0.1, -0.05) is 19.1 Å². The van der Waals surface area contributed by atoms with Crippen LogP contribution in [0.5, 0.6) is 0 Å². The summed E-state index contributed by atoms with van der Waals surface area (Å²) in [4.78, 5) is 0.431. The van der Waals surface area contributed by atoms with E-state index in [1.54, 1.807) is 16.4 Å². The average Bonchev–Trinajstić information content (AvgIpc) is 2.97. The molecule has 0 spiro atoms. The number of benzene rings is 1. The molecule has 1 fully saturated rings. The van der Waals surface area contributed by atoms with Gasteiger partial charge in [-0.3, -0.25) is 0 Å². The van der Waals surface area contributed by atoms with Crippen molar-refractivity contribution in [1.29, 1.82) is 0 Å². The van der Waals surface area contributed by atoms with Gasteiger partial charge in [0, 0.05) is 12.6 Å². The van der Waals surface area contributed by atoms with Crippen LogP contribution in [0.15, 0.2) is 29.2 Å². The highest BCUT2D eigenvalue weighted by Crippen LogP contribution is 2.27. The Labute approximate surface area is 128 Å². The predicted octanol–water partition coefficient (Wildman–Crippen LogP) is 2.40. The lowest BCUT2D eigenvalue weighted by atomic mass is 10.1. The maximum Gasteiger partial charge on any atom is 0.243 e. The van der Waals surface area contributed by atoms with Gasteiger partial charge in [0.15, 0.2) is 0 Å². The van der Waals surface area contributed by atoms with Crippen LogP contribution in [0.25, 0.3) is 0 Å². The minimum absolute atomic E-state index is 0.172. The summed E-state index contributed by atoms with van der Waals surface area (Å²) < 4.78 is 27.1. The molecule has 0 bridgehead atoms. The van der Waals surface area contributed by atoms with E-state index in [9.17, 15) is 8.42 Å². The lowest BCUT2D eigenvalue weighted by Gasteiger charge is -2.23. The van der Waals surface area contributed by atoms with Crippen molar-refractivity contribution >= 4 is 10.0 Å². The summed E-state index contributed by atoms with van der Waals surface area (Å²) in [6.07, 6.45) is 4.88. The first-order chi connectivity index (χ1) is 10.1. The van der Waals surface area contributed by atoms with Crippen molar-refractivity contribution in [2.24, 2.45) is 0 Å². The van der Waals surface area contributed by atoms with Gasteiger partial charge in [0.05, 0.1) is 4.90 Å². The first-order valence-electron chi connectivity index (χ1n) is 7.85. The number of aryl methyl sites for hydroxylation is 1. The summed E-state index contributed by atoms with van der Waals surface area (Å²) in [5.74, 6) is 0. The fourth-order valence-electron chi connectivity index (χ4n) is 2.97. The van der Waals surface area contributed by atoms with Gasteiger partial charge in [0.2, 0.25) is 10.0 Å². The van der Waals surface area contributed by atoms with Crippen LogP contribution in [-0.4, -0.2) is 38.9 Å². The zero-order valence-corrected chi connectivity index (χ0v) is 13.8. The van der Waals surface area contributed by atoms with Gasteiger partial charge in [0.1, 0.15) is 0 Å². The van der Waals surface area contributed by atoms with Crippen molar-refractivity contribution in [2.45, 2.75) is 50.0 Å². The van der Waals surface area contributed by atoms with E-state index in [-0.39, 0.29) is 6.04 Å². The Balaban J connectivity index is 2.10. The second-order valence-electron chi connectivity index (χ2n) is 5.67. The zero-order chi connectivity index (χ0) is 15.3. The molecular weight excluding hydrogens is 284 g/mol. The van der Waals surface area contributed by atoms with Crippen LogP contribution in [0.1, 0.15) is 38.2 Å². The fourth-order valence-corrected chi connectivity index (χ4v) is 4.73. The smallest absolute Gasteiger partial charge is 0.243 e. The van der Waals surface area contributed by atoms with E-state index in [1.165, 1.54) is 5.56 Å². The molecule has 1 aliphatic rings. The van der Waals surface area contributed by atoms with Crippen molar-refractivity contribution in [3.8, 4) is 0 Å². The van der Waals surface area contributed by atoms with E-state index in [4.69, 9.17) is 0 Å². The number of rotatable bonds is 7. The molecule has 1 aliphatic heterocycles. The van der Waals surface area contributed by atoms with Gasteiger partial charge in [-0.05, 0) is 63.4 Å². The molecule has 1 aromatic carbocycles. The Morgan fingerprint density at radius 1 is 1.29 bits per heavy atom. The molecule has 0 saturated carbocycles. The maximum absolute atomic E-state index is 12.7. The molecule has 1 aromatic rings. The third-order valence-corrected chi connectivity index (χ3v) is 6.18. The molecule has 0 amide bonds. The largest absolute Gasteiger partial charge is 0.320 e. The molecule has 118 valence electrons. The summed E-state index contributed by atoms with van der Waals surface area (Å²) in [5, 5.41) is 3.12. The fraction of sp³-hybridized carbons (Fsp3) is 0.625. The quantitative estimate of drug-likeness (QED) is 0.787. The summed E-state index contributed by atoms with van der Waals surface area (Å²) in [7, 11) is -1.38. The molecule has 2 rings (SSSR count). The molecule has 21 heavy (non-hydrogen) atoms. The molecule has 1 atom stereocenters. The topological polar surface area (TPSA) is 49.4 Å². The van der Waals surface area contributed by atoms with Gasteiger partial charge in [0.25, 0.3) is 0 Å². The van der Waals surface area contributed by atoms with Crippen molar-refractivity contribution in [1.82, 2.24) is 9.62 Å². The Morgan fingerprint density at radius 2 is 2.00 bits per heavy atom. The normalized spacial score (nSPS) is 20.0. The number of nitrogens with one attached hydrogen (secondary N) is 1. The Hall–Kier alpha value is -0.910. The molecule has 5 heteroatoms. The van der Waals surface area contributed by atoms with E-state index < -0.39 is 10.0 Å². The summed E-state index contributed by atoms with van der Waals surface area (Å²) in [5.41, 5.74) is 1.19. The lowest BCUT2D eigenvalue weighted by molar-refractivity contribution is 0.379. The Bertz CT molecular complexity index is 540. The van der Waals surface area contributed by atoms with Gasteiger partial charge in [-0.15, -0.1) is 0 Å². The van der Waals surface area contributed by atoms with Gasteiger partial charge < -0.3 is 5.32 Å². The van der Waals surface area contributed by atoms with Crippen LogP contribution in [0.2, 0.25) is 0 Å². The molecule has 0 radical (unpaired) electrons. The van der Waals surface area contributed by atoms with Crippen molar-refractivity contribution in [3.63, 3.8) is 0 Å². The van der Waals surface area contributed by atoms with Crippen molar-refractivity contribution < 1.29 is 8.42 Å². The summed E-state index contributed by atoms with van der Waals surface area (Å²) in [6.45, 7) is 3.69. The molecule has 1 N–H and O–H groups in total. The Morgan fingerprint density at radius 3 is 2.62 bits per heavy atom. The number of hydrogen-bond acceptors (Lipinski definition) is 3. The van der Waals surface area contributed by atoms with Crippen molar-refractivity contribution in [3.05, 3.63) is 29.8 Å². The Kier molecular flexibility index (Phi) is 5.79. The van der Waals surface area contributed by atoms with Crippen molar-refractivity contribution in [2.75, 3.05) is 20.1 Å². The first-order valence-corrected chi connectivity index (χ1v) is 9.29. The first kappa shape index (κ1) is 16.5. The van der Waals surface area contributed by atoms with E-state index in [2.05, 4.69) is 12.2 Å². The lowest BCUT2D eigenvalue weighted by Crippen LogP contribution is -2.35. The maximum atomic E-state index is 12.7. The monoisotopic (exact) mass is 310 g/mol. The highest BCUT2D eigenvalue weighted by molar-refractivity contribution is 7.89. The second kappa shape index (κ2) is 7.38. The molecule has 1 heterocycles. The number of hydrogen-bond donors (Lipinski definition) is 1. The van der Waals surface area contributed by atoms with E-state index in [0.717, 1.165) is 38.6 Å². The molecule has 1 saturated heterocycles. The molecular formula is C16H26N2O2S. The number of sulfonamides is 1. The van der Waals surface area contributed by atoms with E-state index in [0.29, 0.717) is 11.4 Å². The van der Waals surface area contributed by atoms with Crippen LogP contribution in [0.4, 0.5) is 0 Å². The molecule has 0 aliphatic carbocycles. The predicted molar refractivity (Wildman–Crippen MR) is 85.9 cm³/mol. The highest BCUT2D eigenvalue weighted by Gasteiger charge is 2.33. The van der Waals surface area contributed by atoms with E-state index in [1.807, 2.05) is 19.2 Å². The molecule has 0 aromatic heterocycles. The standard InChI is InChI=1S/C16H26N2O2S/c1-3-15-7-5-13-18(15)21(19,20)16-10-8-14(9-11-16)6-4-12-17-2/h8-11,15,17H,3-7,12-13H2,1-2H3. The molecule has 4 nitrogen and oxygen atoms in total. The molecule has 1 unspecified atom stereocenters. The second-order valence-corrected chi connectivity index (χ2v) is 7.56. The van der Waals surface area contributed by atoms with Crippen LogP contribution in [0, 0.1) is 0 Å². The van der Waals surface area contributed by atoms with Crippen LogP contribution < -0.4 is 5.32 Å². The van der Waals surface area contributed by atoms with E-state index >= 15 is 0 Å². The van der Waals surface area contributed by atoms with Gasteiger partial charge in [-0.2, -0.15) is 4.31 Å². The van der Waals surface area contributed by atoms with Gasteiger partial charge in [-0.25, -0.2) is 8.42 Å². The average molecular weight is 310 g/mol. The van der Waals surface area contributed by atoms with Crippen LogP contribution in [0.3, 0.4) is 0 Å². The van der Waals surface area contributed by atoms with Gasteiger partial charge >= 0.3 is 0 Å². The minimum Gasteiger partial charge on any atom is -0.320 e. The SMILES string of the molecule is CCC1CCCN1S(=O)(=O)c1ccc(CCCNC)cc1. The highest BCUT2D eigenvalue weighted by atomic mass is 32.2.